The summed E-state index contributed by atoms with van der Waals surface area (Å²) < 4.78 is 10.5. The summed E-state index contributed by atoms with van der Waals surface area (Å²) in [7, 11) is 1.64. The molecular weight excluding hydrogens is 282 g/mol. The van der Waals surface area contributed by atoms with Crippen LogP contribution in [-0.4, -0.2) is 53.9 Å². The molecule has 22 heavy (non-hydrogen) atoms. The fraction of sp³-hybridized carbons (Fsp3) is 0.588. The Morgan fingerprint density at radius 3 is 2.50 bits per heavy atom. The van der Waals surface area contributed by atoms with E-state index in [0.717, 1.165) is 17.7 Å². The van der Waals surface area contributed by atoms with Crippen LogP contribution in [0.3, 0.4) is 0 Å². The van der Waals surface area contributed by atoms with Gasteiger partial charge in [0, 0.05) is 19.5 Å². The van der Waals surface area contributed by atoms with Crippen LogP contribution in [0, 0.1) is 0 Å². The minimum atomic E-state index is -0.644. The molecule has 1 saturated heterocycles. The van der Waals surface area contributed by atoms with E-state index in [1.165, 1.54) is 6.92 Å². The summed E-state index contributed by atoms with van der Waals surface area (Å²) in [5.41, 5.74) is 1.13. The van der Waals surface area contributed by atoms with Crippen LogP contribution in [0.25, 0.3) is 0 Å². The van der Waals surface area contributed by atoms with Crippen molar-refractivity contribution in [2.24, 2.45) is 0 Å². The van der Waals surface area contributed by atoms with Crippen LogP contribution in [0.4, 0.5) is 0 Å². The number of nitrogens with zero attached hydrogens (tertiary/aromatic N) is 1. The number of β-amino-alcohol motifs (C(OH)–C–C–N with tert-alkyl or cyclic N) is 1. The van der Waals surface area contributed by atoms with E-state index in [-0.39, 0.29) is 18.1 Å². The van der Waals surface area contributed by atoms with Crippen molar-refractivity contribution in [1.82, 2.24) is 4.90 Å². The number of aliphatic hydroxyl groups excluding tert-OH is 1. The third-order valence-corrected chi connectivity index (χ3v) is 4.15. The Kier molecular flexibility index (Phi) is 5.42. The summed E-state index contributed by atoms with van der Waals surface area (Å²) >= 11 is 0. The second kappa shape index (κ2) is 7.11. The summed E-state index contributed by atoms with van der Waals surface area (Å²) in [4.78, 5) is 13.5. The van der Waals surface area contributed by atoms with Crippen molar-refractivity contribution in [3.63, 3.8) is 0 Å². The van der Waals surface area contributed by atoms with Crippen molar-refractivity contribution in [3.8, 4) is 5.75 Å². The topological polar surface area (TPSA) is 59.0 Å². The number of methoxy groups -OCH3 is 1. The minimum absolute atomic E-state index is 0.0210. The number of esters is 1. The van der Waals surface area contributed by atoms with E-state index in [0.29, 0.717) is 6.54 Å². The average Bonchev–Trinajstić information content (AvgIpc) is 2.77. The molecule has 3 atom stereocenters. The van der Waals surface area contributed by atoms with E-state index in [9.17, 15) is 9.90 Å². The zero-order chi connectivity index (χ0) is 16.3. The Balaban J connectivity index is 2.18. The van der Waals surface area contributed by atoms with Gasteiger partial charge in [0.05, 0.1) is 13.2 Å². The van der Waals surface area contributed by atoms with Crippen LogP contribution < -0.4 is 4.74 Å². The highest BCUT2D eigenvalue weighted by Crippen LogP contribution is 2.27. The Morgan fingerprint density at radius 1 is 1.36 bits per heavy atom. The summed E-state index contributed by atoms with van der Waals surface area (Å²) in [5, 5.41) is 10.2. The molecule has 5 heteroatoms. The number of carbonyl (C=O) groups is 1. The minimum Gasteiger partial charge on any atom is -0.497 e. The number of hydrogen-bond donors (Lipinski definition) is 1. The van der Waals surface area contributed by atoms with Gasteiger partial charge in [-0.2, -0.15) is 0 Å². The van der Waals surface area contributed by atoms with Gasteiger partial charge in [0.25, 0.3) is 0 Å². The van der Waals surface area contributed by atoms with Crippen molar-refractivity contribution >= 4 is 5.97 Å². The monoisotopic (exact) mass is 307 g/mol. The quantitative estimate of drug-likeness (QED) is 0.838. The van der Waals surface area contributed by atoms with E-state index in [4.69, 9.17) is 9.47 Å². The molecule has 5 nitrogen and oxygen atoms in total. The predicted molar refractivity (Wildman–Crippen MR) is 83.9 cm³/mol. The van der Waals surface area contributed by atoms with E-state index in [1.807, 2.05) is 24.3 Å². The standard InChI is InChI=1S/C17H25NO4/c1-11(2)18-10-16(20)17(22-12(3)19)15(18)9-13-5-7-14(21-4)8-6-13/h5-8,11,15-17,20H,9-10H2,1-4H3/t15-,16+,17+/m1/s1. The highest BCUT2D eigenvalue weighted by atomic mass is 16.6. The lowest BCUT2D eigenvalue weighted by molar-refractivity contribution is -0.151. The second-order valence-corrected chi connectivity index (χ2v) is 6.05. The van der Waals surface area contributed by atoms with Gasteiger partial charge in [0.1, 0.15) is 18.0 Å². The zero-order valence-corrected chi connectivity index (χ0v) is 13.7. The second-order valence-electron chi connectivity index (χ2n) is 6.05. The van der Waals surface area contributed by atoms with E-state index in [1.54, 1.807) is 7.11 Å². The fourth-order valence-electron chi connectivity index (χ4n) is 3.08. The molecule has 0 spiro atoms. The first-order chi connectivity index (χ1) is 10.4. The van der Waals surface area contributed by atoms with Crippen LogP contribution in [0.5, 0.6) is 5.75 Å². The molecule has 0 saturated carbocycles. The largest absolute Gasteiger partial charge is 0.497 e. The number of hydrogen-bond acceptors (Lipinski definition) is 5. The molecule has 0 amide bonds. The lowest BCUT2D eigenvalue weighted by Gasteiger charge is -2.30. The van der Waals surface area contributed by atoms with Crippen molar-refractivity contribution < 1.29 is 19.4 Å². The van der Waals surface area contributed by atoms with Crippen LogP contribution in [-0.2, 0) is 16.0 Å². The third kappa shape index (κ3) is 3.78. The van der Waals surface area contributed by atoms with Crippen molar-refractivity contribution in [2.75, 3.05) is 13.7 Å². The van der Waals surface area contributed by atoms with Gasteiger partial charge in [-0.05, 0) is 38.0 Å². The third-order valence-electron chi connectivity index (χ3n) is 4.15. The number of ether oxygens (including phenoxy) is 2. The van der Waals surface area contributed by atoms with Crippen LogP contribution in [0.2, 0.25) is 0 Å². The molecule has 0 aromatic heterocycles. The van der Waals surface area contributed by atoms with Crippen LogP contribution in [0.1, 0.15) is 26.3 Å². The number of likely N-dealkylation sites (tertiary alicyclic amines) is 1. The molecule has 0 radical (unpaired) electrons. The number of benzene rings is 1. The molecule has 2 rings (SSSR count). The summed E-state index contributed by atoms with van der Waals surface area (Å²) in [6.07, 6.45) is -0.409. The highest BCUT2D eigenvalue weighted by Gasteiger charge is 2.43. The predicted octanol–water partition coefficient (Wildman–Crippen LogP) is 1.62. The van der Waals surface area contributed by atoms with Crippen molar-refractivity contribution in [1.29, 1.82) is 0 Å². The first kappa shape index (κ1) is 16.8. The number of carbonyl (C=O) groups excluding carboxylic acids is 1. The maximum atomic E-state index is 11.3. The van der Waals surface area contributed by atoms with Crippen LogP contribution >= 0.6 is 0 Å². The molecule has 0 aliphatic carbocycles. The molecule has 1 aromatic carbocycles. The molecule has 1 N–H and O–H groups in total. The van der Waals surface area contributed by atoms with Gasteiger partial charge in [-0.3, -0.25) is 9.69 Å². The molecule has 1 heterocycles. The first-order valence-corrected chi connectivity index (χ1v) is 7.66. The lowest BCUT2D eigenvalue weighted by atomic mass is 10.00. The first-order valence-electron chi connectivity index (χ1n) is 7.66. The molecular formula is C17H25NO4. The Hall–Kier alpha value is -1.59. The van der Waals surface area contributed by atoms with Gasteiger partial charge in [-0.25, -0.2) is 0 Å². The van der Waals surface area contributed by atoms with Gasteiger partial charge >= 0.3 is 5.97 Å². The number of aliphatic hydroxyl groups is 1. The molecule has 1 aliphatic rings. The van der Waals surface area contributed by atoms with Gasteiger partial charge < -0.3 is 14.6 Å². The lowest BCUT2D eigenvalue weighted by Crippen LogP contribution is -2.43. The smallest absolute Gasteiger partial charge is 0.303 e. The summed E-state index contributed by atoms with van der Waals surface area (Å²) in [6.45, 7) is 6.08. The van der Waals surface area contributed by atoms with Crippen molar-refractivity contribution in [2.45, 2.75) is 51.5 Å². The Bertz CT molecular complexity index is 500. The molecule has 0 unspecified atom stereocenters. The highest BCUT2D eigenvalue weighted by molar-refractivity contribution is 5.66. The maximum Gasteiger partial charge on any atom is 0.303 e. The van der Waals surface area contributed by atoms with E-state index in [2.05, 4.69) is 18.7 Å². The average molecular weight is 307 g/mol. The summed E-state index contributed by atoms with van der Waals surface area (Å²) in [6, 6.07) is 8.10. The van der Waals surface area contributed by atoms with Gasteiger partial charge in [-0.15, -0.1) is 0 Å². The fourth-order valence-corrected chi connectivity index (χ4v) is 3.08. The summed E-state index contributed by atoms with van der Waals surface area (Å²) in [5.74, 6) is 0.460. The Labute approximate surface area is 131 Å². The Morgan fingerprint density at radius 2 is 2.00 bits per heavy atom. The van der Waals surface area contributed by atoms with Gasteiger partial charge in [0.2, 0.25) is 0 Å². The molecule has 1 aromatic rings. The van der Waals surface area contributed by atoms with E-state index < -0.39 is 12.2 Å². The zero-order valence-electron chi connectivity index (χ0n) is 13.7. The molecule has 122 valence electrons. The maximum absolute atomic E-state index is 11.3. The SMILES string of the molecule is COc1ccc(C[C@@H]2[C@H](OC(C)=O)[C@@H](O)CN2C(C)C)cc1. The van der Waals surface area contributed by atoms with Crippen molar-refractivity contribution in [3.05, 3.63) is 29.8 Å². The van der Waals surface area contributed by atoms with Crippen LogP contribution in [0.15, 0.2) is 24.3 Å². The van der Waals surface area contributed by atoms with Gasteiger partial charge in [-0.1, -0.05) is 12.1 Å². The van der Waals surface area contributed by atoms with Gasteiger partial charge in [0.15, 0.2) is 0 Å². The normalized spacial score (nSPS) is 25.5. The van der Waals surface area contributed by atoms with E-state index >= 15 is 0 Å². The molecule has 1 fully saturated rings. The molecule has 0 bridgehead atoms. The number of rotatable bonds is 5. The molecule has 1 aliphatic heterocycles.